The highest BCUT2D eigenvalue weighted by atomic mass is 28.1. The van der Waals surface area contributed by atoms with E-state index in [4.69, 9.17) is 4.74 Å². The Morgan fingerprint density at radius 1 is 1.18 bits per heavy atom. The van der Waals surface area contributed by atoms with Crippen LogP contribution in [0.3, 0.4) is 0 Å². The highest BCUT2D eigenvalue weighted by Crippen LogP contribution is 2.08. The van der Waals surface area contributed by atoms with Crippen LogP contribution in [0.1, 0.15) is 6.42 Å². The Morgan fingerprint density at radius 2 is 1.91 bits per heavy atom. The van der Waals surface area contributed by atoms with E-state index in [9.17, 15) is 0 Å². The number of rotatable bonds is 4. The first-order chi connectivity index (χ1) is 5.43. The summed E-state index contributed by atoms with van der Waals surface area (Å²) >= 11 is 0. The number of hydrogen-bond donors (Lipinski definition) is 0. The van der Waals surface area contributed by atoms with Crippen LogP contribution in [0.25, 0.3) is 0 Å². The molecule has 0 N–H and O–H groups in total. The van der Waals surface area contributed by atoms with Crippen molar-refractivity contribution >= 4 is 10.2 Å². The van der Waals surface area contributed by atoms with E-state index >= 15 is 0 Å². The van der Waals surface area contributed by atoms with Gasteiger partial charge >= 0.3 is 0 Å². The summed E-state index contributed by atoms with van der Waals surface area (Å²) < 4.78 is 5.47. The molecule has 0 atom stereocenters. The Hall–Kier alpha value is -0.763. The molecule has 0 radical (unpaired) electrons. The van der Waals surface area contributed by atoms with E-state index in [1.54, 1.807) is 0 Å². The van der Waals surface area contributed by atoms with Gasteiger partial charge in [0.25, 0.3) is 0 Å². The Bertz CT molecular complexity index is 186. The maximum atomic E-state index is 5.47. The lowest BCUT2D eigenvalue weighted by atomic mass is 10.3. The summed E-state index contributed by atoms with van der Waals surface area (Å²) in [7, 11) is 1.29. The van der Waals surface area contributed by atoms with Gasteiger partial charge < -0.3 is 4.74 Å². The normalized spacial score (nSPS) is 9.82. The van der Waals surface area contributed by atoms with Gasteiger partial charge in [0.05, 0.1) is 6.61 Å². The van der Waals surface area contributed by atoms with Crippen molar-refractivity contribution in [2.24, 2.45) is 0 Å². The van der Waals surface area contributed by atoms with Crippen molar-refractivity contribution in [3.8, 4) is 5.75 Å². The van der Waals surface area contributed by atoms with Crippen molar-refractivity contribution in [2.45, 2.75) is 12.5 Å². The molecule has 0 amide bonds. The first-order valence-electron chi connectivity index (χ1n) is 4.11. The van der Waals surface area contributed by atoms with Crippen molar-refractivity contribution in [1.82, 2.24) is 0 Å². The summed E-state index contributed by atoms with van der Waals surface area (Å²) in [5, 5.41) is 0. The molecule has 0 fully saturated rings. The van der Waals surface area contributed by atoms with Crippen molar-refractivity contribution in [3.63, 3.8) is 0 Å². The summed E-state index contributed by atoms with van der Waals surface area (Å²) in [4.78, 5) is 0. The quantitative estimate of drug-likeness (QED) is 0.483. The predicted molar refractivity (Wildman–Crippen MR) is 51.3 cm³/mol. The number of hydrogen-bond acceptors (Lipinski definition) is 1. The predicted octanol–water partition coefficient (Wildman–Crippen LogP) is 1.24. The van der Waals surface area contributed by atoms with Gasteiger partial charge in [0.2, 0.25) is 0 Å². The third kappa shape index (κ3) is 3.23. The van der Waals surface area contributed by atoms with Crippen LogP contribution < -0.4 is 4.74 Å². The van der Waals surface area contributed by atoms with Gasteiger partial charge in [-0.05, 0) is 18.6 Å². The number of para-hydroxylation sites is 1. The SMILES string of the molecule is [SiH3]CCCOc1ccccc1. The minimum atomic E-state index is 0.869. The molecule has 11 heavy (non-hydrogen) atoms. The van der Waals surface area contributed by atoms with Crippen LogP contribution in [0.4, 0.5) is 0 Å². The zero-order valence-corrected chi connectivity index (χ0v) is 8.92. The number of ether oxygens (including phenoxy) is 1. The first-order valence-corrected chi connectivity index (χ1v) is 5.52. The number of benzene rings is 1. The lowest BCUT2D eigenvalue weighted by molar-refractivity contribution is 0.317. The van der Waals surface area contributed by atoms with Crippen LogP contribution in [0.2, 0.25) is 6.04 Å². The Kier molecular flexibility index (Phi) is 3.76. The van der Waals surface area contributed by atoms with Gasteiger partial charge in [0.15, 0.2) is 0 Å². The minimum absolute atomic E-state index is 0.869. The largest absolute Gasteiger partial charge is 0.494 e. The van der Waals surface area contributed by atoms with Crippen LogP contribution in [-0.2, 0) is 0 Å². The lowest BCUT2D eigenvalue weighted by Gasteiger charge is -2.03. The zero-order valence-electron chi connectivity index (χ0n) is 6.92. The molecule has 1 nitrogen and oxygen atoms in total. The Balaban J connectivity index is 2.28. The van der Waals surface area contributed by atoms with Gasteiger partial charge in [-0.3, -0.25) is 0 Å². The smallest absolute Gasteiger partial charge is 0.119 e. The molecular formula is C9H14OSi. The Morgan fingerprint density at radius 3 is 2.55 bits per heavy atom. The van der Waals surface area contributed by atoms with Crippen LogP contribution in [0.15, 0.2) is 30.3 Å². The molecule has 60 valence electrons. The summed E-state index contributed by atoms with van der Waals surface area (Å²) in [6, 6.07) is 11.3. The van der Waals surface area contributed by atoms with E-state index in [1.807, 2.05) is 30.3 Å². The van der Waals surface area contributed by atoms with Crippen molar-refractivity contribution in [1.29, 1.82) is 0 Å². The molecule has 1 aromatic carbocycles. The second-order valence-electron chi connectivity index (χ2n) is 2.52. The van der Waals surface area contributed by atoms with E-state index in [-0.39, 0.29) is 0 Å². The fourth-order valence-corrected chi connectivity index (χ4v) is 1.14. The van der Waals surface area contributed by atoms with E-state index in [0.29, 0.717) is 0 Å². The second kappa shape index (κ2) is 4.96. The molecule has 0 aromatic heterocycles. The summed E-state index contributed by atoms with van der Waals surface area (Å²) in [6.45, 7) is 0.869. The maximum absolute atomic E-state index is 5.47. The molecule has 0 aliphatic carbocycles. The van der Waals surface area contributed by atoms with Gasteiger partial charge in [0, 0.05) is 10.2 Å². The monoisotopic (exact) mass is 166 g/mol. The van der Waals surface area contributed by atoms with Crippen LogP contribution >= 0.6 is 0 Å². The molecule has 0 saturated heterocycles. The highest BCUT2D eigenvalue weighted by molar-refractivity contribution is 6.08. The zero-order chi connectivity index (χ0) is 7.94. The molecule has 0 heterocycles. The molecule has 0 bridgehead atoms. The molecular weight excluding hydrogens is 152 g/mol. The third-order valence-corrected chi connectivity index (χ3v) is 2.22. The molecule has 0 aliphatic heterocycles. The Labute approximate surface area is 70.8 Å². The van der Waals surface area contributed by atoms with Crippen LogP contribution in [-0.4, -0.2) is 16.8 Å². The average Bonchev–Trinajstić information content (AvgIpc) is 2.07. The molecule has 0 spiro atoms. The summed E-state index contributed by atoms with van der Waals surface area (Å²) in [6.07, 6.45) is 1.20. The fraction of sp³-hybridized carbons (Fsp3) is 0.333. The molecule has 1 aromatic rings. The van der Waals surface area contributed by atoms with E-state index in [2.05, 4.69) is 0 Å². The van der Waals surface area contributed by atoms with Crippen molar-refractivity contribution in [3.05, 3.63) is 30.3 Å². The maximum Gasteiger partial charge on any atom is 0.119 e. The average molecular weight is 166 g/mol. The van der Waals surface area contributed by atoms with Gasteiger partial charge in [0.1, 0.15) is 5.75 Å². The van der Waals surface area contributed by atoms with Crippen molar-refractivity contribution in [2.75, 3.05) is 6.61 Å². The van der Waals surface area contributed by atoms with Gasteiger partial charge in [-0.15, -0.1) is 0 Å². The third-order valence-electron chi connectivity index (χ3n) is 1.51. The molecule has 0 unspecified atom stereocenters. The minimum Gasteiger partial charge on any atom is -0.494 e. The molecule has 0 saturated carbocycles. The van der Waals surface area contributed by atoms with Crippen LogP contribution in [0, 0.1) is 0 Å². The molecule has 1 rings (SSSR count). The molecule has 0 aliphatic rings. The summed E-state index contributed by atoms with van der Waals surface area (Å²) in [5.74, 6) is 0.989. The van der Waals surface area contributed by atoms with Crippen LogP contribution in [0.5, 0.6) is 5.75 Å². The fourth-order valence-electron chi connectivity index (χ4n) is 0.851. The van der Waals surface area contributed by atoms with Gasteiger partial charge in [-0.1, -0.05) is 24.2 Å². The van der Waals surface area contributed by atoms with E-state index in [0.717, 1.165) is 12.4 Å². The van der Waals surface area contributed by atoms with Gasteiger partial charge in [-0.25, -0.2) is 0 Å². The standard InChI is InChI=1S/C9H14OSi/c11-8-4-7-10-9-5-2-1-3-6-9/h1-3,5-6H,4,7-8H2,11H3. The van der Waals surface area contributed by atoms with Gasteiger partial charge in [-0.2, -0.15) is 0 Å². The first kappa shape index (κ1) is 8.33. The second-order valence-corrected chi connectivity index (χ2v) is 3.52. The topological polar surface area (TPSA) is 9.23 Å². The summed E-state index contributed by atoms with van der Waals surface area (Å²) in [5.41, 5.74) is 0. The molecule has 2 heteroatoms. The highest BCUT2D eigenvalue weighted by Gasteiger charge is 1.88. The van der Waals surface area contributed by atoms with E-state index in [1.165, 1.54) is 22.7 Å². The van der Waals surface area contributed by atoms with Crippen molar-refractivity contribution < 1.29 is 4.74 Å². The van der Waals surface area contributed by atoms with E-state index < -0.39 is 0 Å². The lowest BCUT2D eigenvalue weighted by Crippen LogP contribution is -1.95.